The first-order valence-electron chi connectivity index (χ1n) is 10.4. The van der Waals surface area contributed by atoms with Gasteiger partial charge < -0.3 is 9.97 Å². The van der Waals surface area contributed by atoms with E-state index in [4.69, 9.17) is 0 Å². The summed E-state index contributed by atoms with van der Waals surface area (Å²) in [7, 11) is 0. The Kier molecular flexibility index (Phi) is 11.6. The number of nitrogens with one attached hydrogen (secondary N) is 2. The van der Waals surface area contributed by atoms with Crippen LogP contribution < -0.4 is 0 Å². The van der Waals surface area contributed by atoms with Crippen molar-refractivity contribution in [2.75, 3.05) is 13.1 Å². The summed E-state index contributed by atoms with van der Waals surface area (Å²) in [4.78, 5) is 23.1. The molecule has 0 aliphatic rings. The fourth-order valence-electron chi connectivity index (χ4n) is 3.00. The summed E-state index contributed by atoms with van der Waals surface area (Å²) in [6.45, 7) is 1.82. The predicted octanol–water partition coefficient (Wildman–Crippen LogP) is 4.96. The van der Waals surface area contributed by atoms with Crippen LogP contribution in [-0.2, 0) is 0 Å². The molecular formula is C21H34N6. The smallest absolute Gasteiger partial charge is 0.147 e. The largest absolute Gasteiger partial charge is 0.344 e. The third-order valence-corrected chi connectivity index (χ3v) is 4.54. The van der Waals surface area contributed by atoms with Gasteiger partial charge in [-0.15, -0.1) is 0 Å². The molecule has 0 fully saturated rings. The van der Waals surface area contributed by atoms with E-state index in [1.807, 2.05) is 24.8 Å². The number of aromatic nitrogens is 4. The first kappa shape index (κ1) is 21.1. The van der Waals surface area contributed by atoms with Crippen molar-refractivity contribution in [1.82, 2.24) is 19.9 Å². The molecule has 0 saturated heterocycles. The number of unbranched alkanes of at least 4 members (excludes halogenated alkanes) is 10. The van der Waals surface area contributed by atoms with E-state index in [1.165, 1.54) is 70.6 Å². The van der Waals surface area contributed by atoms with Gasteiger partial charge in [0.2, 0.25) is 0 Å². The van der Waals surface area contributed by atoms with Gasteiger partial charge in [-0.2, -0.15) is 0 Å². The minimum Gasteiger partial charge on any atom is -0.344 e. The van der Waals surface area contributed by atoms with Crippen LogP contribution in [0.1, 0.15) is 82.3 Å². The minimum absolute atomic E-state index is 0.844. The molecule has 148 valence electrons. The summed E-state index contributed by atoms with van der Waals surface area (Å²) in [6.07, 6.45) is 25.3. The molecule has 0 aliphatic heterocycles. The maximum atomic E-state index is 4.39. The lowest BCUT2D eigenvalue weighted by Crippen LogP contribution is -1.88. The van der Waals surface area contributed by atoms with E-state index in [2.05, 4.69) is 29.9 Å². The van der Waals surface area contributed by atoms with E-state index in [9.17, 15) is 0 Å². The zero-order chi connectivity index (χ0) is 18.8. The van der Waals surface area contributed by atoms with Gasteiger partial charge in [0.15, 0.2) is 0 Å². The Hall–Kier alpha value is -2.24. The molecular weight excluding hydrogens is 336 g/mol. The summed E-state index contributed by atoms with van der Waals surface area (Å²) in [5.74, 6) is 1.69. The van der Waals surface area contributed by atoms with Crippen molar-refractivity contribution >= 4 is 12.4 Å². The highest BCUT2D eigenvalue weighted by Gasteiger charge is 1.94. The Balaban J connectivity index is 1.26. The fourth-order valence-corrected chi connectivity index (χ4v) is 3.00. The Morgan fingerprint density at radius 2 is 0.963 bits per heavy atom. The molecule has 6 heteroatoms. The molecule has 0 unspecified atom stereocenters. The van der Waals surface area contributed by atoms with Gasteiger partial charge in [0.05, 0.1) is 12.4 Å². The summed E-state index contributed by atoms with van der Waals surface area (Å²) in [6, 6.07) is 0. The topological polar surface area (TPSA) is 82.1 Å². The Morgan fingerprint density at radius 3 is 1.30 bits per heavy atom. The van der Waals surface area contributed by atoms with Crippen LogP contribution in [0, 0.1) is 0 Å². The number of imidazole rings is 2. The first-order valence-corrected chi connectivity index (χ1v) is 10.4. The average molecular weight is 371 g/mol. The lowest BCUT2D eigenvalue weighted by molar-refractivity contribution is 0.548. The van der Waals surface area contributed by atoms with E-state index in [-0.39, 0.29) is 0 Å². The Morgan fingerprint density at radius 1 is 0.593 bits per heavy atom. The molecule has 0 atom stereocenters. The van der Waals surface area contributed by atoms with Crippen molar-refractivity contribution in [3.8, 4) is 0 Å². The van der Waals surface area contributed by atoms with Gasteiger partial charge in [0, 0.05) is 37.9 Å². The Bertz CT molecular complexity index is 546. The number of hydrogen-bond acceptors (Lipinski definition) is 4. The number of H-pyrrole nitrogens is 2. The predicted molar refractivity (Wildman–Crippen MR) is 113 cm³/mol. The van der Waals surface area contributed by atoms with Gasteiger partial charge in [0.25, 0.3) is 0 Å². The van der Waals surface area contributed by atoms with Gasteiger partial charge in [-0.1, -0.05) is 57.8 Å². The lowest BCUT2D eigenvalue weighted by atomic mass is 10.1. The van der Waals surface area contributed by atoms with Crippen LogP contribution >= 0.6 is 0 Å². The highest BCUT2D eigenvalue weighted by molar-refractivity contribution is 5.74. The zero-order valence-electron chi connectivity index (χ0n) is 16.4. The van der Waals surface area contributed by atoms with Crippen LogP contribution in [0.15, 0.2) is 34.8 Å². The van der Waals surface area contributed by atoms with Gasteiger partial charge in [-0.25, -0.2) is 9.97 Å². The normalized spacial score (nSPS) is 11.9. The van der Waals surface area contributed by atoms with Crippen LogP contribution in [0.25, 0.3) is 0 Å². The molecule has 6 nitrogen and oxygen atoms in total. The highest BCUT2D eigenvalue weighted by Crippen LogP contribution is 2.11. The number of hydrogen-bond donors (Lipinski definition) is 2. The van der Waals surface area contributed by atoms with Crippen molar-refractivity contribution in [1.29, 1.82) is 0 Å². The minimum atomic E-state index is 0.844. The number of aromatic amines is 2. The summed E-state index contributed by atoms with van der Waals surface area (Å²) in [5.41, 5.74) is 0. The van der Waals surface area contributed by atoms with E-state index in [0.717, 1.165) is 24.7 Å². The molecule has 0 bridgehead atoms. The average Bonchev–Trinajstić information content (AvgIpc) is 3.38. The second kappa shape index (κ2) is 14.9. The van der Waals surface area contributed by atoms with Crippen molar-refractivity contribution < 1.29 is 0 Å². The third-order valence-electron chi connectivity index (χ3n) is 4.54. The molecule has 2 aromatic heterocycles. The summed E-state index contributed by atoms with van der Waals surface area (Å²) < 4.78 is 0. The maximum absolute atomic E-state index is 4.39. The monoisotopic (exact) mass is 370 g/mol. The summed E-state index contributed by atoms with van der Waals surface area (Å²) in [5, 5.41) is 0. The molecule has 2 heterocycles. The zero-order valence-corrected chi connectivity index (χ0v) is 16.4. The molecule has 2 N–H and O–H groups in total. The molecule has 2 rings (SSSR count). The van der Waals surface area contributed by atoms with Gasteiger partial charge >= 0.3 is 0 Å². The summed E-state index contributed by atoms with van der Waals surface area (Å²) >= 11 is 0. The van der Waals surface area contributed by atoms with Crippen LogP contribution in [0.3, 0.4) is 0 Å². The van der Waals surface area contributed by atoms with Crippen molar-refractivity contribution in [3.05, 3.63) is 36.4 Å². The van der Waals surface area contributed by atoms with E-state index in [1.54, 1.807) is 12.4 Å². The van der Waals surface area contributed by atoms with Crippen molar-refractivity contribution in [2.24, 2.45) is 9.98 Å². The molecule has 0 aliphatic carbocycles. The first-order chi connectivity index (χ1) is 13.4. The number of aliphatic imine (C=N–C) groups is 2. The second-order valence-electron chi connectivity index (χ2n) is 6.91. The van der Waals surface area contributed by atoms with Crippen LogP contribution in [0.2, 0.25) is 0 Å². The quantitative estimate of drug-likeness (QED) is 0.323. The SMILES string of the molecule is C(=NCCCCCCCCCCCCCN=Cc1ncc[nH]1)c1ncc[nH]1. The van der Waals surface area contributed by atoms with E-state index >= 15 is 0 Å². The van der Waals surface area contributed by atoms with Gasteiger partial charge in [-0.05, 0) is 12.8 Å². The molecule has 2 aromatic rings. The van der Waals surface area contributed by atoms with Gasteiger partial charge in [0.1, 0.15) is 11.6 Å². The Labute approximate surface area is 163 Å². The molecule has 27 heavy (non-hydrogen) atoms. The molecule has 0 aromatic carbocycles. The van der Waals surface area contributed by atoms with E-state index in [0.29, 0.717) is 0 Å². The second-order valence-corrected chi connectivity index (χ2v) is 6.91. The lowest BCUT2D eigenvalue weighted by Gasteiger charge is -2.02. The van der Waals surface area contributed by atoms with Crippen LogP contribution in [0.5, 0.6) is 0 Å². The maximum Gasteiger partial charge on any atom is 0.147 e. The van der Waals surface area contributed by atoms with Crippen molar-refractivity contribution in [2.45, 2.75) is 70.6 Å². The standard InChI is InChI=1S/C21H34N6/c1(2-4-6-8-10-12-22-18-20-24-14-15-25-20)3-5-7-9-11-13-23-19-21-26-16-17-27-21/h14-19H,1-13H2,(H,24,25)(H,26,27). The number of nitrogens with zero attached hydrogens (tertiary/aromatic N) is 4. The highest BCUT2D eigenvalue weighted by atomic mass is 14.9. The van der Waals surface area contributed by atoms with E-state index < -0.39 is 0 Å². The molecule has 0 radical (unpaired) electrons. The fraction of sp³-hybridized carbons (Fsp3) is 0.619. The molecule has 0 saturated carbocycles. The molecule has 0 amide bonds. The van der Waals surface area contributed by atoms with Crippen molar-refractivity contribution in [3.63, 3.8) is 0 Å². The third kappa shape index (κ3) is 11.2. The van der Waals surface area contributed by atoms with Crippen LogP contribution in [0.4, 0.5) is 0 Å². The number of rotatable bonds is 16. The van der Waals surface area contributed by atoms with Crippen LogP contribution in [-0.4, -0.2) is 45.5 Å². The van der Waals surface area contributed by atoms with Gasteiger partial charge in [-0.3, -0.25) is 9.98 Å². The molecule has 0 spiro atoms.